The molecule has 1 saturated heterocycles. The first kappa shape index (κ1) is 26.5. The fourth-order valence-electron chi connectivity index (χ4n) is 5.19. The van der Waals surface area contributed by atoms with Crippen molar-refractivity contribution in [1.82, 2.24) is 4.90 Å². The van der Waals surface area contributed by atoms with E-state index in [0.717, 1.165) is 49.7 Å². The summed E-state index contributed by atoms with van der Waals surface area (Å²) in [6, 6.07) is 22.6. The number of nitrogens with zero attached hydrogens (tertiary/aromatic N) is 2. The average Bonchev–Trinajstić information content (AvgIpc) is 2.98. The molecule has 3 aromatic carbocycles. The number of para-hydroxylation sites is 3. The minimum absolute atomic E-state index is 0.148. The molecule has 0 radical (unpaired) electrons. The molecule has 4 aromatic rings. The van der Waals surface area contributed by atoms with Gasteiger partial charge in [-0.2, -0.15) is 0 Å². The summed E-state index contributed by atoms with van der Waals surface area (Å²) in [6.07, 6.45) is 0. The number of methoxy groups -OCH3 is 1. The maximum atomic E-state index is 13.1. The lowest BCUT2D eigenvalue weighted by Gasteiger charge is -2.37. The van der Waals surface area contributed by atoms with E-state index in [0.29, 0.717) is 16.7 Å². The first-order valence-electron chi connectivity index (χ1n) is 13.4. The van der Waals surface area contributed by atoms with Gasteiger partial charge in [0.2, 0.25) is 0 Å². The Balaban J connectivity index is 1.23. The molecule has 0 aliphatic carbocycles. The standard InChI is InChI=1S/C32H34N2O5/c1-22(20-33-16-18-34(19-17-33)27-14-7-8-15-28(27)37-3)21-38-32(36)26-13-9-12-25-29(35)23(2)30(39-31(25)26)24-10-5-4-6-11-24/h4-15,22H,16-21H2,1-3H3. The average molecular weight is 527 g/mol. The van der Waals surface area contributed by atoms with Crippen LogP contribution in [0.25, 0.3) is 22.3 Å². The van der Waals surface area contributed by atoms with E-state index in [2.05, 4.69) is 22.8 Å². The van der Waals surface area contributed by atoms with Crippen LogP contribution < -0.4 is 15.1 Å². The van der Waals surface area contributed by atoms with Gasteiger partial charge in [0, 0.05) is 49.8 Å². The summed E-state index contributed by atoms with van der Waals surface area (Å²) >= 11 is 0. The van der Waals surface area contributed by atoms with Crippen molar-refractivity contribution >= 4 is 22.6 Å². The van der Waals surface area contributed by atoms with Crippen molar-refractivity contribution in [2.75, 3.05) is 51.3 Å². The summed E-state index contributed by atoms with van der Waals surface area (Å²) in [7, 11) is 1.70. The second kappa shape index (κ2) is 11.7. The lowest BCUT2D eigenvalue weighted by Crippen LogP contribution is -2.48. The number of hydrogen-bond acceptors (Lipinski definition) is 7. The molecule has 1 unspecified atom stereocenters. The minimum atomic E-state index is -0.487. The molecule has 5 rings (SSSR count). The maximum absolute atomic E-state index is 13.1. The van der Waals surface area contributed by atoms with E-state index in [9.17, 15) is 9.59 Å². The SMILES string of the molecule is COc1ccccc1N1CCN(CC(C)COC(=O)c2cccc3c(=O)c(C)c(-c4ccccc4)oc23)CC1. The first-order valence-corrected chi connectivity index (χ1v) is 13.4. The summed E-state index contributed by atoms with van der Waals surface area (Å²) in [5.74, 6) is 1.02. The van der Waals surface area contributed by atoms with Crippen LogP contribution in [-0.2, 0) is 4.74 Å². The van der Waals surface area contributed by atoms with Crippen LogP contribution in [0.15, 0.2) is 82.0 Å². The maximum Gasteiger partial charge on any atom is 0.341 e. The van der Waals surface area contributed by atoms with Crippen molar-refractivity contribution in [1.29, 1.82) is 0 Å². The van der Waals surface area contributed by atoms with Crippen LogP contribution in [0.4, 0.5) is 5.69 Å². The largest absolute Gasteiger partial charge is 0.495 e. The van der Waals surface area contributed by atoms with Crippen LogP contribution in [0.5, 0.6) is 5.75 Å². The molecule has 1 aliphatic heterocycles. The summed E-state index contributed by atoms with van der Waals surface area (Å²) in [5.41, 5.74) is 2.80. The number of carbonyl (C=O) groups is 1. The molecule has 1 fully saturated rings. The Bertz CT molecular complexity index is 1510. The van der Waals surface area contributed by atoms with E-state index in [1.807, 2.05) is 48.5 Å². The predicted octanol–water partition coefficient (Wildman–Crippen LogP) is 5.39. The highest BCUT2D eigenvalue weighted by molar-refractivity contribution is 6.02. The van der Waals surface area contributed by atoms with Crippen LogP contribution >= 0.6 is 0 Å². The van der Waals surface area contributed by atoms with Gasteiger partial charge in [-0.3, -0.25) is 9.69 Å². The molecule has 1 atom stereocenters. The molecule has 202 valence electrons. The van der Waals surface area contributed by atoms with Crippen LogP contribution in [0, 0.1) is 12.8 Å². The second-order valence-corrected chi connectivity index (χ2v) is 10.1. The van der Waals surface area contributed by atoms with Crippen LogP contribution in [0.1, 0.15) is 22.8 Å². The third kappa shape index (κ3) is 5.68. The molecule has 1 aromatic heterocycles. The van der Waals surface area contributed by atoms with E-state index in [-0.39, 0.29) is 29.1 Å². The van der Waals surface area contributed by atoms with Crippen molar-refractivity contribution in [3.8, 4) is 17.1 Å². The smallest absolute Gasteiger partial charge is 0.341 e. The van der Waals surface area contributed by atoms with E-state index >= 15 is 0 Å². The predicted molar refractivity (Wildman–Crippen MR) is 154 cm³/mol. The third-order valence-electron chi connectivity index (χ3n) is 7.27. The number of benzene rings is 3. The topological polar surface area (TPSA) is 72.2 Å². The Morgan fingerprint density at radius 2 is 1.67 bits per heavy atom. The highest BCUT2D eigenvalue weighted by Gasteiger charge is 2.23. The van der Waals surface area contributed by atoms with E-state index in [4.69, 9.17) is 13.9 Å². The van der Waals surface area contributed by atoms with E-state index in [1.54, 1.807) is 32.2 Å². The van der Waals surface area contributed by atoms with Gasteiger partial charge in [-0.15, -0.1) is 0 Å². The number of hydrogen-bond donors (Lipinski definition) is 0. The van der Waals surface area contributed by atoms with Crippen molar-refractivity contribution in [2.24, 2.45) is 5.92 Å². The molecular formula is C32H34N2O5. The monoisotopic (exact) mass is 526 g/mol. The van der Waals surface area contributed by atoms with Crippen LogP contribution in [0.3, 0.4) is 0 Å². The molecule has 1 aliphatic rings. The van der Waals surface area contributed by atoms with Gasteiger partial charge in [0.15, 0.2) is 11.0 Å². The fraction of sp³-hybridized carbons (Fsp3) is 0.312. The normalized spacial score (nSPS) is 14.8. The molecule has 0 spiro atoms. The Morgan fingerprint density at radius 3 is 2.41 bits per heavy atom. The van der Waals surface area contributed by atoms with Gasteiger partial charge in [-0.25, -0.2) is 4.79 Å². The Hall–Kier alpha value is -4.10. The van der Waals surface area contributed by atoms with Gasteiger partial charge >= 0.3 is 5.97 Å². The Labute approximate surface area is 228 Å². The zero-order valence-electron chi connectivity index (χ0n) is 22.7. The summed E-state index contributed by atoms with van der Waals surface area (Å²) < 4.78 is 17.4. The highest BCUT2D eigenvalue weighted by Crippen LogP contribution is 2.29. The highest BCUT2D eigenvalue weighted by atomic mass is 16.5. The van der Waals surface area contributed by atoms with Crippen molar-refractivity contribution in [3.05, 3.63) is 94.1 Å². The van der Waals surface area contributed by atoms with Crippen molar-refractivity contribution in [3.63, 3.8) is 0 Å². The fourth-order valence-corrected chi connectivity index (χ4v) is 5.19. The van der Waals surface area contributed by atoms with Crippen LogP contribution in [-0.4, -0.2) is 57.3 Å². The summed E-state index contributed by atoms with van der Waals surface area (Å²) in [5, 5.41) is 0.377. The summed E-state index contributed by atoms with van der Waals surface area (Å²) in [4.78, 5) is 31.0. The minimum Gasteiger partial charge on any atom is -0.495 e. The van der Waals surface area contributed by atoms with Crippen molar-refractivity contribution in [2.45, 2.75) is 13.8 Å². The molecule has 7 heteroatoms. The van der Waals surface area contributed by atoms with E-state index < -0.39 is 5.97 Å². The van der Waals surface area contributed by atoms with Crippen molar-refractivity contribution < 1.29 is 18.7 Å². The van der Waals surface area contributed by atoms with Gasteiger partial charge in [-0.1, -0.05) is 55.5 Å². The van der Waals surface area contributed by atoms with Gasteiger partial charge in [0.25, 0.3) is 0 Å². The van der Waals surface area contributed by atoms with Crippen LogP contribution in [0.2, 0.25) is 0 Å². The molecular weight excluding hydrogens is 492 g/mol. The number of fused-ring (bicyclic) bond motifs is 1. The summed E-state index contributed by atoms with van der Waals surface area (Å²) in [6.45, 7) is 8.60. The lowest BCUT2D eigenvalue weighted by molar-refractivity contribution is 0.0420. The molecule has 0 N–H and O–H groups in total. The third-order valence-corrected chi connectivity index (χ3v) is 7.27. The first-order chi connectivity index (χ1) is 19.0. The zero-order chi connectivity index (χ0) is 27.4. The molecule has 7 nitrogen and oxygen atoms in total. The zero-order valence-corrected chi connectivity index (χ0v) is 22.7. The number of anilines is 1. The molecule has 0 amide bonds. The molecule has 39 heavy (non-hydrogen) atoms. The van der Waals surface area contributed by atoms with Gasteiger partial charge in [0.1, 0.15) is 17.1 Å². The lowest BCUT2D eigenvalue weighted by atomic mass is 10.0. The van der Waals surface area contributed by atoms with Gasteiger partial charge in [0.05, 0.1) is 24.8 Å². The Morgan fingerprint density at radius 1 is 0.949 bits per heavy atom. The molecule has 0 bridgehead atoms. The van der Waals surface area contributed by atoms with E-state index in [1.165, 1.54) is 0 Å². The number of carbonyl (C=O) groups excluding carboxylic acids is 1. The number of esters is 1. The number of ether oxygens (including phenoxy) is 2. The second-order valence-electron chi connectivity index (χ2n) is 10.1. The Kier molecular flexibility index (Phi) is 7.98. The quantitative estimate of drug-likeness (QED) is 0.285. The molecule has 0 saturated carbocycles. The number of rotatable bonds is 8. The number of piperazine rings is 1. The molecule has 2 heterocycles. The van der Waals surface area contributed by atoms with Gasteiger partial charge in [-0.05, 0) is 31.2 Å². The van der Waals surface area contributed by atoms with Gasteiger partial charge < -0.3 is 18.8 Å².